The first-order chi connectivity index (χ1) is 11.0. The Hall–Kier alpha value is -1.72. The van der Waals surface area contributed by atoms with Crippen LogP contribution >= 0.6 is 0 Å². The van der Waals surface area contributed by atoms with Crippen molar-refractivity contribution in [2.24, 2.45) is 5.73 Å². The molecule has 3 rings (SSSR count). The summed E-state index contributed by atoms with van der Waals surface area (Å²) in [5, 5.41) is 0. The van der Waals surface area contributed by atoms with Gasteiger partial charge in [-0.2, -0.15) is 0 Å². The summed E-state index contributed by atoms with van der Waals surface area (Å²) in [5.74, 6) is -1.46. The van der Waals surface area contributed by atoms with E-state index in [1.54, 1.807) is 6.08 Å². The quantitative estimate of drug-likeness (QED) is 0.928. The normalized spacial score (nSPS) is 33.7. The molecule has 2 fully saturated rings. The second-order valence-corrected chi connectivity index (χ2v) is 6.30. The minimum Gasteiger partial charge on any atom is -0.367 e. The summed E-state index contributed by atoms with van der Waals surface area (Å²) < 4.78 is 24.7. The first-order valence-corrected chi connectivity index (χ1v) is 7.83. The number of carbonyl (C=O) groups is 1. The smallest absolute Gasteiger partial charge is 0.249 e. The average Bonchev–Trinajstić information content (AvgIpc) is 2.96. The monoisotopic (exact) mass is 318 g/mol. The molecule has 4 nitrogen and oxygen atoms in total. The predicted molar refractivity (Wildman–Crippen MR) is 83.8 cm³/mol. The Kier molecular flexibility index (Phi) is 4.25. The summed E-state index contributed by atoms with van der Waals surface area (Å²) in [4.78, 5) is 11.3. The zero-order chi connectivity index (χ0) is 16.5. The van der Waals surface area contributed by atoms with Gasteiger partial charge in [0.05, 0.1) is 6.61 Å². The fourth-order valence-corrected chi connectivity index (χ4v) is 3.59. The van der Waals surface area contributed by atoms with Gasteiger partial charge >= 0.3 is 0 Å². The van der Waals surface area contributed by atoms with Crippen molar-refractivity contribution in [2.75, 3.05) is 6.61 Å². The fraction of sp³-hybridized carbons (Fsp3) is 0.444. The first kappa shape index (κ1) is 16.1. The molecule has 0 aromatic heterocycles. The molecule has 0 bridgehead atoms. The standard InChI is InChI=1S/C18H21FNO3/c1-2-7-17(13-3-5-14(19)6-4-13)8-10-18(11-9-17)22-12-15(23-18)16(20)21/h2-7,15H,1,8-12H2,(H2,20,21). The van der Waals surface area contributed by atoms with E-state index < -0.39 is 17.8 Å². The topological polar surface area (TPSA) is 61.5 Å². The number of carbonyl (C=O) groups excluding carboxylic acids is 1. The van der Waals surface area contributed by atoms with Gasteiger partial charge in [-0.1, -0.05) is 18.2 Å². The van der Waals surface area contributed by atoms with E-state index in [2.05, 4.69) is 13.0 Å². The number of hydrogen-bond donors (Lipinski definition) is 1. The van der Waals surface area contributed by atoms with E-state index in [0.717, 1.165) is 18.4 Å². The molecule has 1 unspecified atom stereocenters. The van der Waals surface area contributed by atoms with Gasteiger partial charge in [-0.15, -0.1) is 6.58 Å². The number of rotatable bonds is 4. The lowest BCUT2D eigenvalue weighted by atomic mass is 9.66. The van der Waals surface area contributed by atoms with Crippen molar-refractivity contribution >= 4 is 5.91 Å². The van der Waals surface area contributed by atoms with Crippen LogP contribution in [0.25, 0.3) is 0 Å². The molecule has 1 amide bonds. The van der Waals surface area contributed by atoms with E-state index in [9.17, 15) is 9.18 Å². The lowest BCUT2D eigenvalue weighted by Gasteiger charge is -2.43. The van der Waals surface area contributed by atoms with Crippen molar-refractivity contribution in [1.82, 2.24) is 0 Å². The van der Waals surface area contributed by atoms with E-state index in [4.69, 9.17) is 15.2 Å². The van der Waals surface area contributed by atoms with Gasteiger partial charge < -0.3 is 15.2 Å². The molecular formula is C18H21FNO3. The van der Waals surface area contributed by atoms with Crippen molar-refractivity contribution in [3.05, 3.63) is 54.7 Å². The Morgan fingerprint density at radius 1 is 1.26 bits per heavy atom. The molecule has 1 saturated carbocycles. The second-order valence-electron chi connectivity index (χ2n) is 6.30. The first-order valence-electron chi connectivity index (χ1n) is 7.83. The summed E-state index contributed by atoms with van der Waals surface area (Å²) in [6, 6.07) is 6.58. The molecule has 1 heterocycles. The summed E-state index contributed by atoms with van der Waals surface area (Å²) >= 11 is 0. The highest BCUT2D eigenvalue weighted by Crippen LogP contribution is 2.48. The molecule has 1 radical (unpaired) electrons. The molecule has 2 aliphatic rings. The van der Waals surface area contributed by atoms with Gasteiger partial charge in [-0.25, -0.2) is 4.39 Å². The van der Waals surface area contributed by atoms with Gasteiger partial charge in [-0.05, 0) is 37.0 Å². The van der Waals surface area contributed by atoms with E-state index in [-0.39, 0.29) is 17.8 Å². The molecule has 5 heteroatoms. The van der Waals surface area contributed by atoms with E-state index in [0.29, 0.717) is 12.8 Å². The third kappa shape index (κ3) is 3.03. The van der Waals surface area contributed by atoms with Crippen molar-refractivity contribution in [2.45, 2.75) is 43.0 Å². The van der Waals surface area contributed by atoms with Crippen LogP contribution in [0.5, 0.6) is 0 Å². The number of hydrogen-bond acceptors (Lipinski definition) is 3. The zero-order valence-corrected chi connectivity index (χ0v) is 13.0. The molecule has 123 valence electrons. The Balaban J connectivity index is 1.77. The van der Waals surface area contributed by atoms with Gasteiger partial charge in [0.25, 0.3) is 0 Å². The second kappa shape index (κ2) is 6.06. The number of primary amides is 1. The molecule has 1 atom stereocenters. The third-order valence-electron chi connectivity index (χ3n) is 4.93. The van der Waals surface area contributed by atoms with Crippen LogP contribution in [-0.2, 0) is 19.7 Å². The Bertz CT molecular complexity index is 591. The molecular weight excluding hydrogens is 297 g/mol. The van der Waals surface area contributed by atoms with Crippen LogP contribution in [0.1, 0.15) is 31.2 Å². The van der Waals surface area contributed by atoms with Gasteiger partial charge in [0.2, 0.25) is 5.91 Å². The van der Waals surface area contributed by atoms with Crippen LogP contribution in [0.4, 0.5) is 4.39 Å². The maximum Gasteiger partial charge on any atom is 0.249 e. The molecule has 1 aromatic rings. The van der Waals surface area contributed by atoms with Crippen molar-refractivity contribution in [1.29, 1.82) is 0 Å². The van der Waals surface area contributed by atoms with Gasteiger partial charge in [-0.3, -0.25) is 4.79 Å². The van der Waals surface area contributed by atoms with Crippen LogP contribution in [0.2, 0.25) is 0 Å². The van der Waals surface area contributed by atoms with Crippen molar-refractivity contribution < 1.29 is 18.7 Å². The number of benzene rings is 1. The van der Waals surface area contributed by atoms with E-state index in [1.807, 2.05) is 12.1 Å². The highest BCUT2D eigenvalue weighted by Gasteiger charge is 2.49. The van der Waals surface area contributed by atoms with Crippen LogP contribution in [0, 0.1) is 12.2 Å². The summed E-state index contributed by atoms with van der Waals surface area (Å²) in [6.45, 7) is 4.03. The van der Waals surface area contributed by atoms with Crippen molar-refractivity contribution in [3.63, 3.8) is 0 Å². The number of halogens is 1. The number of allylic oxidation sites excluding steroid dienone is 1. The minimum absolute atomic E-state index is 0.210. The third-order valence-corrected chi connectivity index (χ3v) is 4.93. The predicted octanol–water partition coefficient (Wildman–Crippen LogP) is 2.62. The lowest BCUT2D eigenvalue weighted by molar-refractivity contribution is -0.194. The molecule has 1 aliphatic heterocycles. The molecule has 1 spiro atoms. The van der Waals surface area contributed by atoms with Gasteiger partial charge in [0.15, 0.2) is 11.9 Å². The molecule has 1 aliphatic carbocycles. The van der Waals surface area contributed by atoms with Crippen LogP contribution < -0.4 is 5.73 Å². The Morgan fingerprint density at radius 2 is 1.91 bits per heavy atom. The molecule has 1 aromatic carbocycles. The molecule has 1 saturated heterocycles. The van der Waals surface area contributed by atoms with Crippen LogP contribution in [-0.4, -0.2) is 24.4 Å². The summed E-state index contributed by atoms with van der Waals surface area (Å²) in [7, 11) is 0. The minimum atomic E-state index is -0.724. The highest BCUT2D eigenvalue weighted by atomic mass is 19.1. The van der Waals surface area contributed by atoms with E-state index in [1.165, 1.54) is 12.1 Å². The van der Waals surface area contributed by atoms with Crippen LogP contribution in [0.15, 0.2) is 36.9 Å². The van der Waals surface area contributed by atoms with Gasteiger partial charge in [0.1, 0.15) is 5.82 Å². The molecule has 2 N–H and O–H groups in total. The number of ether oxygens (including phenoxy) is 2. The Morgan fingerprint density at radius 3 is 2.43 bits per heavy atom. The highest BCUT2D eigenvalue weighted by molar-refractivity contribution is 5.79. The fourth-order valence-electron chi connectivity index (χ4n) is 3.59. The maximum absolute atomic E-state index is 13.2. The van der Waals surface area contributed by atoms with E-state index >= 15 is 0 Å². The maximum atomic E-state index is 13.2. The summed E-state index contributed by atoms with van der Waals surface area (Å²) in [6.07, 6.45) is 6.03. The van der Waals surface area contributed by atoms with Crippen molar-refractivity contribution in [3.8, 4) is 0 Å². The zero-order valence-electron chi connectivity index (χ0n) is 13.0. The average molecular weight is 318 g/mol. The summed E-state index contributed by atoms with van der Waals surface area (Å²) in [5.41, 5.74) is 6.14. The van der Waals surface area contributed by atoms with Gasteiger partial charge in [0, 0.05) is 18.3 Å². The Labute approximate surface area is 135 Å². The largest absolute Gasteiger partial charge is 0.367 e. The SMILES string of the molecule is C=C[CH]C1(c2ccc(F)cc2)CCC2(CC1)OCC(C(N)=O)O2. The number of nitrogens with two attached hydrogens (primary N) is 1. The molecule has 23 heavy (non-hydrogen) atoms. The van der Waals surface area contributed by atoms with Crippen LogP contribution in [0.3, 0.4) is 0 Å². The number of amides is 1. The lowest BCUT2D eigenvalue weighted by Crippen LogP contribution is -2.43.